The molecule has 1 aliphatic heterocycles. The first-order valence-electron chi connectivity index (χ1n) is 7.35. The van der Waals surface area contributed by atoms with Gasteiger partial charge in [-0.05, 0) is 38.7 Å². The van der Waals surface area contributed by atoms with E-state index in [0.29, 0.717) is 6.42 Å². The Morgan fingerprint density at radius 2 is 2.33 bits per heavy atom. The largest absolute Gasteiger partial charge is 0.334 e. The Hall–Kier alpha value is -1.69. The topological polar surface area (TPSA) is 61.9 Å². The number of thiazole rings is 1. The van der Waals surface area contributed by atoms with E-state index in [0.717, 1.165) is 47.8 Å². The van der Waals surface area contributed by atoms with Gasteiger partial charge in [0.05, 0.1) is 35.1 Å². The monoisotopic (exact) mass is 304 g/mol. The number of H-pyrrole nitrogens is 1. The van der Waals surface area contributed by atoms with Crippen molar-refractivity contribution in [3.05, 3.63) is 33.5 Å². The molecular weight excluding hydrogens is 284 g/mol. The number of likely N-dealkylation sites (tertiary alicyclic amines) is 1. The average molecular weight is 304 g/mol. The SMILES string of the molecule is Cc1nc(CC(=O)N2CCCC[C@@H]2c2[nH]ncc2C)cs1. The van der Waals surface area contributed by atoms with E-state index in [1.165, 1.54) is 0 Å². The predicted molar refractivity (Wildman–Crippen MR) is 82.2 cm³/mol. The van der Waals surface area contributed by atoms with Gasteiger partial charge in [0.25, 0.3) is 0 Å². The Morgan fingerprint density at radius 3 is 3.00 bits per heavy atom. The van der Waals surface area contributed by atoms with Gasteiger partial charge in [-0.1, -0.05) is 0 Å². The van der Waals surface area contributed by atoms with Crippen LogP contribution in [0, 0.1) is 13.8 Å². The second kappa shape index (κ2) is 5.97. The van der Waals surface area contributed by atoms with Crippen LogP contribution in [-0.4, -0.2) is 32.5 Å². The van der Waals surface area contributed by atoms with Gasteiger partial charge in [0, 0.05) is 11.9 Å². The fourth-order valence-electron chi connectivity index (χ4n) is 2.97. The molecule has 2 aromatic rings. The van der Waals surface area contributed by atoms with E-state index in [-0.39, 0.29) is 11.9 Å². The second-order valence-corrected chi connectivity index (χ2v) is 6.66. The van der Waals surface area contributed by atoms with Crippen molar-refractivity contribution in [1.29, 1.82) is 0 Å². The molecule has 2 aromatic heterocycles. The number of aromatic nitrogens is 3. The number of hydrogen-bond acceptors (Lipinski definition) is 4. The summed E-state index contributed by atoms with van der Waals surface area (Å²) in [6.45, 7) is 4.83. The van der Waals surface area contributed by atoms with Gasteiger partial charge in [0.2, 0.25) is 5.91 Å². The summed E-state index contributed by atoms with van der Waals surface area (Å²) in [7, 11) is 0. The minimum Gasteiger partial charge on any atom is -0.334 e. The Bertz CT molecular complexity index is 633. The van der Waals surface area contributed by atoms with Crippen molar-refractivity contribution in [3.63, 3.8) is 0 Å². The number of nitrogens with one attached hydrogen (secondary N) is 1. The second-order valence-electron chi connectivity index (χ2n) is 5.60. The maximum Gasteiger partial charge on any atom is 0.229 e. The smallest absolute Gasteiger partial charge is 0.229 e. The number of nitrogens with zero attached hydrogens (tertiary/aromatic N) is 3. The summed E-state index contributed by atoms with van der Waals surface area (Å²) in [6, 6.07) is 0.133. The van der Waals surface area contributed by atoms with Crippen LogP contribution in [0.3, 0.4) is 0 Å². The minimum absolute atomic E-state index is 0.133. The first-order valence-corrected chi connectivity index (χ1v) is 8.23. The Balaban J connectivity index is 1.77. The van der Waals surface area contributed by atoms with Crippen molar-refractivity contribution >= 4 is 17.2 Å². The van der Waals surface area contributed by atoms with Gasteiger partial charge in [0.15, 0.2) is 0 Å². The molecule has 3 heterocycles. The minimum atomic E-state index is 0.133. The molecule has 5 nitrogen and oxygen atoms in total. The lowest BCUT2D eigenvalue weighted by atomic mass is 9.97. The summed E-state index contributed by atoms with van der Waals surface area (Å²) in [5, 5.41) is 10.2. The molecule has 1 saturated heterocycles. The molecule has 1 fully saturated rings. The van der Waals surface area contributed by atoms with E-state index in [1.54, 1.807) is 11.3 Å². The Labute approximate surface area is 128 Å². The van der Waals surface area contributed by atoms with Crippen molar-refractivity contribution in [1.82, 2.24) is 20.1 Å². The summed E-state index contributed by atoms with van der Waals surface area (Å²) in [6.07, 6.45) is 5.46. The summed E-state index contributed by atoms with van der Waals surface area (Å²) in [5.74, 6) is 0.166. The molecule has 112 valence electrons. The van der Waals surface area contributed by atoms with Crippen molar-refractivity contribution in [2.75, 3.05) is 6.54 Å². The number of aryl methyl sites for hydroxylation is 2. The molecule has 0 saturated carbocycles. The molecule has 6 heteroatoms. The third-order valence-electron chi connectivity index (χ3n) is 4.02. The van der Waals surface area contributed by atoms with Gasteiger partial charge in [-0.3, -0.25) is 9.89 Å². The van der Waals surface area contributed by atoms with Gasteiger partial charge in [-0.15, -0.1) is 11.3 Å². The van der Waals surface area contributed by atoms with E-state index in [2.05, 4.69) is 15.2 Å². The number of piperidine rings is 1. The lowest BCUT2D eigenvalue weighted by Crippen LogP contribution is -2.39. The Kier molecular flexibility index (Phi) is 4.05. The molecule has 0 spiro atoms. The molecular formula is C15H20N4OS. The molecule has 0 bridgehead atoms. The quantitative estimate of drug-likeness (QED) is 0.948. The molecule has 3 rings (SSSR count). The third-order valence-corrected chi connectivity index (χ3v) is 4.85. The number of carbonyl (C=O) groups is 1. The molecule has 0 aliphatic carbocycles. The van der Waals surface area contributed by atoms with E-state index in [9.17, 15) is 4.79 Å². The molecule has 0 unspecified atom stereocenters. The van der Waals surface area contributed by atoms with Crippen LogP contribution < -0.4 is 0 Å². The highest BCUT2D eigenvalue weighted by molar-refractivity contribution is 7.09. The van der Waals surface area contributed by atoms with Crippen LogP contribution in [0.15, 0.2) is 11.6 Å². The van der Waals surface area contributed by atoms with Gasteiger partial charge in [0.1, 0.15) is 0 Å². The highest BCUT2D eigenvalue weighted by atomic mass is 32.1. The van der Waals surface area contributed by atoms with Crippen LogP contribution in [0.1, 0.15) is 47.3 Å². The molecule has 1 amide bonds. The molecule has 1 N–H and O–H groups in total. The molecule has 1 aliphatic rings. The molecule has 0 aromatic carbocycles. The van der Waals surface area contributed by atoms with Gasteiger partial charge >= 0.3 is 0 Å². The maximum absolute atomic E-state index is 12.6. The maximum atomic E-state index is 12.6. The van der Waals surface area contributed by atoms with Gasteiger partial charge in [-0.2, -0.15) is 5.10 Å². The van der Waals surface area contributed by atoms with Gasteiger partial charge in [-0.25, -0.2) is 4.98 Å². The fourth-order valence-corrected chi connectivity index (χ4v) is 3.58. The van der Waals surface area contributed by atoms with E-state index in [1.807, 2.05) is 30.3 Å². The third kappa shape index (κ3) is 3.00. The zero-order valence-corrected chi connectivity index (χ0v) is 13.2. The van der Waals surface area contributed by atoms with Crippen LogP contribution in [0.4, 0.5) is 0 Å². The summed E-state index contributed by atoms with van der Waals surface area (Å²) < 4.78 is 0. The summed E-state index contributed by atoms with van der Waals surface area (Å²) in [5.41, 5.74) is 3.09. The first-order chi connectivity index (χ1) is 10.1. The number of hydrogen-bond donors (Lipinski definition) is 1. The zero-order chi connectivity index (χ0) is 14.8. The lowest BCUT2D eigenvalue weighted by Gasteiger charge is -2.35. The van der Waals surface area contributed by atoms with Crippen LogP contribution in [0.2, 0.25) is 0 Å². The normalized spacial score (nSPS) is 19.0. The summed E-state index contributed by atoms with van der Waals surface area (Å²) >= 11 is 1.60. The van der Waals surface area contributed by atoms with Crippen LogP contribution >= 0.6 is 11.3 Å². The fraction of sp³-hybridized carbons (Fsp3) is 0.533. The van der Waals surface area contributed by atoms with E-state index < -0.39 is 0 Å². The van der Waals surface area contributed by atoms with E-state index >= 15 is 0 Å². The van der Waals surface area contributed by atoms with E-state index in [4.69, 9.17) is 0 Å². The first kappa shape index (κ1) is 14.3. The highest BCUT2D eigenvalue weighted by Crippen LogP contribution is 2.31. The van der Waals surface area contributed by atoms with Crippen LogP contribution in [0.25, 0.3) is 0 Å². The number of rotatable bonds is 3. The molecule has 0 radical (unpaired) electrons. The van der Waals surface area contributed by atoms with Crippen molar-refractivity contribution < 1.29 is 4.79 Å². The predicted octanol–water partition coefficient (Wildman–Crippen LogP) is 2.78. The number of aromatic amines is 1. The Morgan fingerprint density at radius 1 is 1.48 bits per heavy atom. The molecule has 1 atom stereocenters. The van der Waals surface area contributed by atoms with Gasteiger partial charge < -0.3 is 4.90 Å². The van der Waals surface area contributed by atoms with Crippen LogP contribution in [0.5, 0.6) is 0 Å². The standard InChI is InChI=1S/C15H20N4OS/c1-10-8-16-18-15(10)13-5-3-4-6-19(13)14(20)7-12-9-21-11(2)17-12/h8-9,13H,3-7H2,1-2H3,(H,16,18)/t13-/m1/s1. The highest BCUT2D eigenvalue weighted by Gasteiger charge is 2.30. The number of amides is 1. The average Bonchev–Trinajstić information content (AvgIpc) is 3.07. The van der Waals surface area contributed by atoms with Crippen molar-refractivity contribution in [2.45, 2.75) is 45.6 Å². The number of carbonyl (C=O) groups excluding carboxylic acids is 1. The molecule has 21 heavy (non-hydrogen) atoms. The van der Waals surface area contributed by atoms with Crippen LogP contribution in [-0.2, 0) is 11.2 Å². The van der Waals surface area contributed by atoms with Crippen molar-refractivity contribution in [3.8, 4) is 0 Å². The van der Waals surface area contributed by atoms with Crippen molar-refractivity contribution in [2.24, 2.45) is 0 Å². The zero-order valence-electron chi connectivity index (χ0n) is 12.4. The lowest BCUT2D eigenvalue weighted by molar-refractivity contribution is -0.134. The summed E-state index contributed by atoms with van der Waals surface area (Å²) in [4.78, 5) is 19.1.